The van der Waals surface area contributed by atoms with Crippen molar-refractivity contribution in [2.75, 3.05) is 13.7 Å². The highest BCUT2D eigenvalue weighted by molar-refractivity contribution is 6.22. The zero-order valence-electron chi connectivity index (χ0n) is 5.28. The molecular weight excluding hydrogens is 124 g/mol. The van der Waals surface area contributed by atoms with Gasteiger partial charge in [0.05, 0.1) is 12.0 Å². The van der Waals surface area contributed by atoms with Gasteiger partial charge in [-0.25, -0.2) is 0 Å². The molecule has 0 N–H and O–H groups in total. The van der Waals surface area contributed by atoms with Crippen molar-refractivity contribution < 1.29 is 4.74 Å². The largest absolute Gasteiger partial charge is 0.383 e. The third-order valence-corrected chi connectivity index (χ3v) is 1.35. The SMILES string of the molecule is C=C(C)C(Cl)COC. The van der Waals surface area contributed by atoms with Crippen molar-refractivity contribution in [1.29, 1.82) is 0 Å². The molecule has 0 aromatic rings. The Hall–Kier alpha value is -0.0100. The first-order valence-electron chi connectivity index (χ1n) is 2.47. The minimum atomic E-state index is -0.0278. The topological polar surface area (TPSA) is 9.23 Å². The van der Waals surface area contributed by atoms with Gasteiger partial charge in [-0.2, -0.15) is 0 Å². The van der Waals surface area contributed by atoms with Gasteiger partial charge in [-0.05, 0) is 6.92 Å². The molecule has 0 spiro atoms. The first-order valence-corrected chi connectivity index (χ1v) is 2.90. The molecule has 0 radical (unpaired) electrons. The lowest BCUT2D eigenvalue weighted by molar-refractivity contribution is 0.204. The minimum absolute atomic E-state index is 0.0278. The maximum atomic E-state index is 5.69. The van der Waals surface area contributed by atoms with Crippen molar-refractivity contribution in [2.45, 2.75) is 12.3 Å². The fourth-order valence-electron chi connectivity index (χ4n) is 0.289. The number of ether oxygens (including phenoxy) is 1. The Bertz CT molecular complexity index is 80.6. The van der Waals surface area contributed by atoms with Gasteiger partial charge in [0, 0.05) is 7.11 Å². The van der Waals surface area contributed by atoms with Gasteiger partial charge in [0.1, 0.15) is 0 Å². The molecule has 0 heterocycles. The summed E-state index contributed by atoms with van der Waals surface area (Å²) in [5.41, 5.74) is 0.952. The second kappa shape index (κ2) is 3.93. The average Bonchev–Trinajstić information content (AvgIpc) is 1.67. The van der Waals surface area contributed by atoms with Crippen LogP contribution in [-0.2, 0) is 4.74 Å². The van der Waals surface area contributed by atoms with E-state index in [1.165, 1.54) is 0 Å². The Kier molecular flexibility index (Phi) is 3.92. The highest BCUT2D eigenvalue weighted by Gasteiger charge is 2.01. The van der Waals surface area contributed by atoms with Crippen molar-refractivity contribution in [1.82, 2.24) is 0 Å². The average molecular weight is 135 g/mol. The lowest BCUT2D eigenvalue weighted by Crippen LogP contribution is -2.06. The summed E-state index contributed by atoms with van der Waals surface area (Å²) in [6.07, 6.45) is 0. The summed E-state index contributed by atoms with van der Waals surface area (Å²) < 4.78 is 4.77. The maximum Gasteiger partial charge on any atom is 0.0773 e. The second-order valence-corrected chi connectivity index (χ2v) is 2.30. The zero-order valence-corrected chi connectivity index (χ0v) is 6.03. The van der Waals surface area contributed by atoms with Crippen LogP contribution in [0.15, 0.2) is 12.2 Å². The fraction of sp³-hybridized carbons (Fsp3) is 0.667. The first-order chi connectivity index (χ1) is 3.68. The van der Waals surface area contributed by atoms with Crippen molar-refractivity contribution in [3.63, 3.8) is 0 Å². The van der Waals surface area contributed by atoms with Gasteiger partial charge in [0.15, 0.2) is 0 Å². The van der Waals surface area contributed by atoms with Crippen LogP contribution in [0.25, 0.3) is 0 Å². The monoisotopic (exact) mass is 134 g/mol. The lowest BCUT2D eigenvalue weighted by atomic mass is 10.2. The summed E-state index contributed by atoms with van der Waals surface area (Å²) in [5.74, 6) is 0. The lowest BCUT2D eigenvalue weighted by Gasteiger charge is -2.04. The van der Waals surface area contributed by atoms with Crippen molar-refractivity contribution in [3.05, 3.63) is 12.2 Å². The van der Waals surface area contributed by atoms with E-state index >= 15 is 0 Å². The fourth-order valence-corrected chi connectivity index (χ4v) is 0.415. The van der Waals surface area contributed by atoms with Crippen LogP contribution in [0.3, 0.4) is 0 Å². The predicted molar refractivity (Wildman–Crippen MR) is 36.3 cm³/mol. The highest BCUT2D eigenvalue weighted by atomic mass is 35.5. The number of rotatable bonds is 3. The number of alkyl halides is 1. The molecule has 1 atom stereocenters. The number of hydrogen-bond acceptors (Lipinski definition) is 1. The smallest absolute Gasteiger partial charge is 0.0773 e. The molecular formula is C6H11ClO. The summed E-state index contributed by atoms with van der Waals surface area (Å²) in [6, 6.07) is 0. The zero-order chi connectivity index (χ0) is 6.57. The molecule has 0 aliphatic rings. The Labute approximate surface area is 55.3 Å². The summed E-state index contributed by atoms with van der Waals surface area (Å²) in [6.45, 7) is 6.10. The highest BCUT2D eigenvalue weighted by Crippen LogP contribution is 2.05. The second-order valence-electron chi connectivity index (χ2n) is 1.77. The summed E-state index contributed by atoms with van der Waals surface area (Å²) in [5, 5.41) is -0.0278. The molecule has 0 saturated heterocycles. The Morgan fingerprint density at radius 2 is 2.38 bits per heavy atom. The van der Waals surface area contributed by atoms with Crippen LogP contribution < -0.4 is 0 Å². The van der Waals surface area contributed by atoms with Gasteiger partial charge in [0.25, 0.3) is 0 Å². The predicted octanol–water partition coefficient (Wildman–Crippen LogP) is 1.82. The molecule has 0 bridgehead atoms. The third-order valence-electron chi connectivity index (χ3n) is 0.848. The van der Waals surface area contributed by atoms with E-state index in [1.807, 2.05) is 6.92 Å². The van der Waals surface area contributed by atoms with Crippen LogP contribution in [0.4, 0.5) is 0 Å². The van der Waals surface area contributed by atoms with Crippen LogP contribution in [0.5, 0.6) is 0 Å². The molecule has 0 aromatic heterocycles. The third kappa shape index (κ3) is 3.05. The van der Waals surface area contributed by atoms with Gasteiger partial charge < -0.3 is 4.74 Å². The Morgan fingerprint density at radius 3 is 2.50 bits per heavy atom. The number of halogens is 1. The standard InChI is InChI=1S/C6H11ClO/c1-5(2)6(7)4-8-3/h6H,1,4H2,2-3H3. The van der Waals surface area contributed by atoms with Gasteiger partial charge >= 0.3 is 0 Å². The summed E-state index contributed by atoms with van der Waals surface area (Å²) in [4.78, 5) is 0. The summed E-state index contributed by atoms with van der Waals surface area (Å²) in [7, 11) is 1.62. The van der Waals surface area contributed by atoms with Crippen molar-refractivity contribution in [3.8, 4) is 0 Å². The molecule has 1 unspecified atom stereocenters. The van der Waals surface area contributed by atoms with E-state index in [4.69, 9.17) is 16.3 Å². The Morgan fingerprint density at radius 1 is 1.88 bits per heavy atom. The molecule has 0 saturated carbocycles. The molecule has 0 aliphatic heterocycles. The molecule has 0 amide bonds. The molecule has 0 fully saturated rings. The van der Waals surface area contributed by atoms with E-state index in [1.54, 1.807) is 7.11 Å². The Balaban J connectivity index is 3.32. The van der Waals surface area contributed by atoms with Crippen molar-refractivity contribution in [2.24, 2.45) is 0 Å². The van der Waals surface area contributed by atoms with Gasteiger partial charge in [0.2, 0.25) is 0 Å². The van der Waals surface area contributed by atoms with E-state index in [-0.39, 0.29) is 5.38 Å². The number of methoxy groups -OCH3 is 1. The van der Waals surface area contributed by atoms with E-state index in [9.17, 15) is 0 Å². The normalized spacial score (nSPS) is 13.4. The number of hydrogen-bond donors (Lipinski definition) is 0. The van der Waals surface area contributed by atoms with E-state index in [0.29, 0.717) is 6.61 Å². The molecule has 0 aliphatic carbocycles. The van der Waals surface area contributed by atoms with E-state index in [2.05, 4.69) is 6.58 Å². The first kappa shape index (κ1) is 7.99. The van der Waals surface area contributed by atoms with Crippen LogP contribution in [0.1, 0.15) is 6.92 Å². The maximum absolute atomic E-state index is 5.69. The quantitative estimate of drug-likeness (QED) is 0.423. The van der Waals surface area contributed by atoms with Gasteiger partial charge in [-0.1, -0.05) is 12.2 Å². The van der Waals surface area contributed by atoms with Gasteiger partial charge in [-0.15, -0.1) is 11.6 Å². The molecule has 0 rings (SSSR count). The minimum Gasteiger partial charge on any atom is -0.383 e. The molecule has 0 aromatic carbocycles. The van der Waals surface area contributed by atoms with E-state index < -0.39 is 0 Å². The molecule has 48 valence electrons. The molecule has 8 heavy (non-hydrogen) atoms. The van der Waals surface area contributed by atoms with Crippen LogP contribution >= 0.6 is 11.6 Å². The van der Waals surface area contributed by atoms with E-state index in [0.717, 1.165) is 5.57 Å². The van der Waals surface area contributed by atoms with Crippen LogP contribution in [0.2, 0.25) is 0 Å². The molecule has 1 nitrogen and oxygen atoms in total. The van der Waals surface area contributed by atoms with Gasteiger partial charge in [-0.3, -0.25) is 0 Å². The van der Waals surface area contributed by atoms with Crippen LogP contribution in [-0.4, -0.2) is 19.1 Å². The molecule has 2 heteroatoms. The van der Waals surface area contributed by atoms with Crippen molar-refractivity contribution >= 4 is 11.6 Å². The summed E-state index contributed by atoms with van der Waals surface area (Å²) >= 11 is 5.69. The van der Waals surface area contributed by atoms with Crippen LogP contribution in [0, 0.1) is 0 Å².